The Labute approximate surface area is 207 Å². The number of nitrogens with one attached hydrogen (secondary N) is 2. The van der Waals surface area contributed by atoms with Crippen LogP contribution in [0.15, 0.2) is 79.3 Å². The summed E-state index contributed by atoms with van der Waals surface area (Å²) in [7, 11) is 4.11. The SMILES string of the molecule is CN(C)Cc1ccc2ncc(-c3cnc(Nc4ccc(C(=O)Nc5ccccc5N)cc4)s3)n2c1. The number of aromatic nitrogens is 3. The van der Waals surface area contributed by atoms with E-state index in [1.165, 1.54) is 5.56 Å². The van der Waals surface area contributed by atoms with E-state index in [1.54, 1.807) is 35.6 Å². The minimum absolute atomic E-state index is 0.216. The smallest absolute Gasteiger partial charge is 0.255 e. The topological polar surface area (TPSA) is 101 Å². The molecule has 3 aromatic heterocycles. The van der Waals surface area contributed by atoms with Gasteiger partial charge in [-0.15, -0.1) is 0 Å². The Morgan fingerprint density at radius 3 is 2.60 bits per heavy atom. The molecular weight excluding hydrogens is 458 g/mol. The van der Waals surface area contributed by atoms with E-state index < -0.39 is 0 Å². The van der Waals surface area contributed by atoms with Gasteiger partial charge in [-0.3, -0.25) is 9.20 Å². The summed E-state index contributed by atoms with van der Waals surface area (Å²) in [6.45, 7) is 0.857. The lowest BCUT2D eigenvalue weighted by molar-refractivity contribution is 0.102. The lowest BCUT2D eigenvalue weighted by Crippen LogP contribution is -2.13. The van der Waals surface area contributed by atoms with Gasteiger partial charge in [0.1, 0.15) is 5.65 Å². The molecule has 0 saturated carbocycles. The molecule has 0 unspecified atom stereocenters. The summed E-state index contributed by atoms with van der Waals surface area (Å²) in [4.78, 5) is 24.8. The monoisotopic (exact) mass is 483 g/mol. The molecule has 5 aromatic rings. The van der Waals surface area contributed by atoms with Crippen molar-refractivity contribution in [1.29, 1.82) is 0 Å². The fourth-order valence-corrected chi connectivity index (χ4v) is 4.59. The van der Waals surface area contributed by atoms with Crippen molar-refractivity contribution in [3.05, 3.63) is 90.4 Å². The number of rotatable bonds is 7. The molecule has 0 saturated heterocycles. The third kappa shape index (κ3) is 5.01. The number of thiazole rings is 1. The number of hydrogen-bond donors (Lipinski definition) is 3. The molecule has 176 valence electrons. The van der Waals surface area contributed by atoms with Crippen LogP contribution in [0.4, 0.5) is 22.2 Å². The fraction of sp³-hybridized carbons (Fsp3) is 0.115. The molecule has 0 aliphatic heterocycles. The van der Waals surface area contributed by atoms with E-state index in [0.717, 1.165) is 33.6 Å². The second kappa shape index (κ2) is 9.57. The van der Waals surface area contributed by atoms with Gasteiger partial charge in [0.2, 0.25) is 0 Å². The maximum Gasteiger partial charge on any atom is 0.255 e. The number of nitrogens with two attached hydrogens (primary N) is 1. The standard InChI is InChI=1S/C26H25N7OS/c1-32(2)15-17-7-12-24-28-13-22(33(24)16-17)23-14-29-26(35-23)30-19-10-8-18(9-11-19)25(34)31-21-6-4-3-5-20(21)27/h3-14,16H,15,27H2,1-2H3,(H,29,30)(H,31,34). The van der Waals surface area contributed by atoms with Crippen molar-refractivity contribution < 1.29 is 4.79 Å². The van der Waals surface area contributed by atoms with E-state index in [1.807, 2.05) is 42.7 Å². The Morgan fingerprint density at radius 2 is 1.83 bits per heavy atom. The summed E-state index contributed by atoms with van der Waals surface area (Å²) in [5.74, 6) is -0.216. The van der Waals surface area contributed by atoms with Crippen molar-refractivity contribution in [3.8, 4) is 10.6 Å². The van der Waals surface area contributed by atoms with Crippen LogP contribution < -0.4 is 16.4 Å². The molecule has 0 atom stereocenters. The first-order valence-electron chi connectivity index (χ1n) is 11.1. The zero-order chi connectivity index (χ0) is 24.4. The van der Waals surface area contributed by atoms with Gasteiger partial charge in [-0.25, -0.2) is 9.97 Å². The van der Waals surface area contributed by atoms with Gasteiger partial charge in [0, 0.05) is 30.2 Å². The lowest BCUT2D eigenvalue weighted by Gasteiger charge is -2.10. The summed E-state index contributed by atoms with van der Waals surface area (Å²) in [6.07, 6.45) is 5.84. The Kier molecular flexibility index (Phi) is 6.17. The number of nitrogens with zero attached hydrogens (tertiary/aromatic N) is 4. The number of benzene rings is 2. The third-order valence-electron chi connectivity index (χ3n) is 5.43. The molecule has 0 aliphatic rings. The number of para-hydroxylation sites is 2. The normalized spacial score (nSPS) is 11.2. The molecule has 8 nitrogen and oxygen atoms in total. The highest BCUT2D eigenvalue weighted by Gasteiger charge is 2.12. The number of hydrogen-bond acceptors (Lipinski definition) is 7. The van der Waals surface area contributed by atoms with Gasteiger partial charge in [-0.05, 0) is 62.1 Å². The van der Waals surface area contributed by atoms with Crippen LogP contribution in [0.2, 0.25) is 0 Å². The molecule has 5 rings (SSSR count). The largest absolute Gasteiger partial charge is 0.397 e. The van der Waals surface area contributed by atoms with Crippen molar-refractivity contribution in [3.63, 3.8) is 0 Å². The van der Waals surface area contributed by atoms with E-state index in [4.69, 9.17) is 5.73 Å². The van der Waals surface area contributed by atoms with Gasteiger partial charge in [0.05, 0.1) is 28.1 Å². The molecule has 35 heavy (non-hydrogen) atoms. The maximum absolute atomic E-state index is 12.6. The molecule has 3 heterocycles. The quantitative estimate of drug-likeness (QED) is 0.279. The van der Waals surface area contributed by atoms with Gasteiger partial charge in [0.25, 0.3) is 5.91 Å². The summed E-state index contributed by atoms with van der Waals surface area (Å²) in [5.41, 5.74) is 11.5. The van der Waals surface area contributed by atoms with Crippen LogP contribution in [0, 0.1) is 0 Å². The molecule has 0 spiro atoms. The Morgan fingerprint density at radius 1 is 1.03 bits per heavy atom. The third-order valence-corrected chi connectivity index (χ3v) is 6.37. The van der Waals surface area contributed by atoms with Gasteiger partial charge >= 0.3 is 0 Å². The van der Waals surface area contributed by atoms with E-state index in [2.05, 4.69) is 56.3 Å². The van der Waals surface area contributed by atoms with Crippen LogP contribution in [0.1, 0.15) is 15.9 Å². The first kappa shape index (κ1) is 22.6. The highest BCUT2D eigenvalue weighted by atomic mass is 32.1. The molecule has 1 amide bonds. The molecule has 0 radical (unpaired) electrons. The van der Waals surface area contributed by atoms with Crippen LogP contribution in [0.5, 0.6) is 0 Å². The maximum atomic E-state index is 12.6. The average molecular weight is 484 g/mol. The minimum Gasteiger partial charge on any atom is -0.397 e. The number of fused-ring (bicyclic) bond motifs is 1. The van der Waals surface area contributed by atoms with Crippen LogP contribution in [0.25, 0.3) is 16.2 Å². The Hall–Kier alpha value is -4.21. The number of anilines is 4. The minimum atomic E-state index is -0.216. The number of imidazole rings is 1. The molecule has 0 bridgehead atoms. The van der Waals surface area contributed by atoms with Crippen LogP contribution >= 0.6 is 11.3 Å². The molecular formula is C26H25N7OS. The molecule has 2 aromatic carbocycles. The zero-order valence-corrected chi connectivity index (χ0v) is 20.2. The van der Waals surface area contributed by atoms with Gasteiger partial charge in [-0.1, -0.05) is 29.5 Å². The molecule has 0 aliphatic carbocycles. The summed E-state index contributed by atoms with van der Waals surface area (Å²) in [6, 6.07) is 18.6. The van der Waals surface area contributed by atoms with E-state index >= 15 is 0 Å². The van der Waals surface area contributed by atoms with Crippen LogP contribution in [-0.2, 0) is 6.54 Å². The van der Waals surface area contributed by atoms with E-state index in [-0.39, 0.29) is 5.91 Å². The van der Waals surface area contributed by atoms with Crippen molar-refractivity contribution in [2.45, 2.75) is 6.54 Å². The average Bonchev–Trinajstić information content (AvgIpc) is 3.47. The lowest BCUT2D eigenvalue weighted by atomic mass is 10.2. The van der Waals surface area contributed by atoms with Gasteiger partial charge < -0.3 is 21.3 Å². The highest BCUT2D eigenvalue weighted by Crippen LogP contribution is 2.31. The number of nitrogen functional groups attached to an aromatic ring is 1. The van der Waals surface area contributed by atoms with Crippen molar-refractivity contribution in [1.82, 2.24) is 19.3 Å². The summed E-state index contributed by atoms with van der Waals surface area (Å²) >= 11 is 1.55. The predicted molar refractivity (Wildman–Crippen MR) is 142 cm³/mol. The second-order valence-corrected chi connectivity index (χ2v) is 9.45. The van der Waals surface area contributed by atoms with Gasteiger partial charge in [-0.2, -0.15) is 0 Å². The number of carbonyl (C=O) groups is 1. The van der Waals surface area contributed by atoms with Crippen molar-refractivity contribution >= 4 is 45.1 Å². The fourth-order valence-electron chi connectivity index (χ4n) is 3.75. The molecule has 0 fully saturated rings. The van der Waals surface area contributed by atoms with Gasteiger partial charge in [0.15, 0.2) is 5.13 Å². The summed E-state index contributed by atoms with van der Waals surface area (Å²) in [5, 5.41) is 6.91. The first-order chi connectivity index (χ1) is 17.0. The predicted octanol–water partition coefficient (Wildman–Crippen LogP) is 5.10. The second-order valence-electron chi connectivity index (χ2n) is 8.42. The molecule has 4 N–H and O–H groups in total. The van der Waals surface area contributed by atoms with Crippen molar-refractivity contribution in [2.75, 3.05) is 30.5 Å². The Balaban J connectivity index is 1.29. The van der Waals surface area contributed by atoms with Crippen LogP contribution in [0.3, 0.4) is 0 Å². The highest BCUT2D eigenvalue weighted by molar-refractivity contribution is 7.18. The van der Waals surface area contributed by atoms with Crippen molar-refractivity contribution in [2.24, 2.45) is 0 Å². The summed E-state index contributed by atoms with van der Waals surface area (Å²) < 4.78 is 2.10. The first-order valence-corrected chi connectivity index (χ1v) is 11.9. The number of amides is 1. The number of pyridine rings is 1. The van der Waals surface area contributed by atoms with E-state index in [0.29, 0.717) is 16.9 Å². The van der Waals surface area contributed by atoms with E-state index in [9.17, 15) is 4.79 Å². The number of carbonyl (C=O) groups excluding carboxylic acids is 1. The zero-order valence-electron chi connectivity index (χ0n) is 19.4. The Bertz CT molecular complexity index is 1490. The molecule has 9 heteroatoms. The van der Waals surface area contributed by atoms with Crippen LogP contribution in [-0.4, -0.2) is 39.3 Å².